The maximum Gasteiger partial charge on any atom is 0.338 e. The van der Waals surface area contributed by atoms with Crippen LogP contribution in [0.1, 0.15) is 27.2 Å². The fourth-order valence-electron chi connectivity index (χ4n) is 1.82. The molecule has 0 spiro atoms. The van der Waals surface area contributed by atoms with Crippen LogP contribution < -0.4 is 5.73 Å². The van der Waals surface area contributed by atoms with Crippen molar-refractivity contribution in [3.63, 3.8) is 0 Å². The molecule has 0 bridgehead atoms. The summed E-state index contributed by atoms with van der Waals surface area (Å²) in [5.74, 6) is -0.388. The Morgan fingerprint density at radius 3 is 2.79 bits per heavy atom. The molecule has 0 aliphatic rings. The van der Waals surface area contributed by atoms with Gasteiger partial charge in [-0.2, -0.15) is 0 Å². The van der Waals surface area contributed by atoms with E-state index in [9.17, 15) is 4.79 Å². The molecule has 4 heteroatoms. The minimum Gasteiger partial charge on any atom is -0.456 e. The summed E-state index contributed by atoms with van der Waals surface area (Å²) >= 11 is 0. The van der Waals surface area contributed by atoms with Gasteiger partial charge in [-0.15, -0.1) is 0 Å². The molecule has 0 saturated carbocycles. The molecular weight excluding hydrogens is 240 g/mol. The number of aromatic nitrogens is 1. The average Bonchev–Trinajstić information content (AvgIpc) is 2.36. The van der Waals surface area contributed by atoms with Crippen molar-refractivity contribution in [3.8, 4) is 0 Å². The summed E-state index contributed by atoms with van der Waals surface area (Å²) in [7, 11) is 0. The summed E-state index contributed by atoms with van der Waals surface area (Å²) in [6.07, 6.45) is 1.68. The minimum absolute atomic E-state index is 0.166. The third-order valence-electron chi connectivity index (χ3n) is 2.79. The Morgan fingerprint density at radius 2 is 2.11 bits per heavy atom. The molecule has 0 saturated heterocycles. The fourth-order valence-corrected chi connectivity index (χ4v) is 1.82. The normalized spacial score (nSPS) is 10.2. The van der Waals surface area contributed by atoms with Crippen molar-refractivity contribution in [2.75, 3.05) is 5.73 Å². The van der Waals surface area contributed by atoms with Gasteiger partial charge < -0.3 is 10.5 Å². The SMILES string of the molecule is Cc1cc(N)cc(C(=O)OCc2ncccc2C)c1. The van der Waals surface area contributed by atoms with Gasteiger partial charge in [0.25, 0.3) is 0 Å². The number of hydrogen-bond donors (Lipinski definition) is 1. The highest BCUT2D eigenvalue weighted by molar-refractivity contribution is 5.90. The first-order chi connectivity index (χ1) is 9.06. The van der Waals surface area contributed by atoms with E-state index in [-0.39, 0.29) is 12.6 Å². The molecule has 0 aliphatic heterocycles. The zero-order chi connectivity index (χ0) is 13.8. The highest BCUT2D eigenvalue weighted by Gasteiger charge is 2.10. The molecule has 2 N–H and O–H groups in total. The summed E-state index contributed by atoms with van der Waals surface area (Å²) in [5, 5.41) is 0. The van der Waals surface area contributed by atoms with Crippen LogP contribution in [-0.4, -0.2) is 11.0 Å². The Bertz CT molecular complexity index is 589. The van der Waals surface area contributed by atoms with E-state index >= 15 is 0 Å². The van der Waals surface area contributed by atoms with Gasteiger partial charge in [0.05, 0.1) is 11.3 Å². The number of carbonyl (C=O) groups is 1. The quantitative estimate of drug-likeness (QED) is 0.677. The largest absolute Gasteiger partial charge is 0.456 e. The number of carbonyl (C=O) groups excluding carboxylic acids is 1. The van der Waals surface area contributed by atoms with Crippen molar-refractivity contribution >= 4 is 11.7 Å². The van der Waals surface area contributed by atoms with Crippen molar-refractivity contribution in [1.82, 2.24) is 4.98 Å². The van der Waals surface area contributed by atoms with Gasteiger partial charge >= 0.3 is 5.97 Å². The van der Waals surface area contributed by atoms with Crippen molar-refractivity contribution in [3.05, 3.63) is 58.9 Å². The average molecular weight is 256 g/mol. The first-order valence-electron chi connectivity index (χ1n) is 6.01. The number of nitrogen functional groups attached to an aromatic ring is 1. The van der Waals surface area contributed by atoms with Gasteiger partial charge in [-0.3, -0.25) is 4.98 Å². The number of anilines is 1. The Hall–Kier alpha value is -2.36. The highest BCUT2D eigenvalue weighted by Crippen LogP contribution is 2.13. The van der Waals surface area contributed by atoms with E-state index in [1.54, 1.807) is 24.4 Å². The molecule has 0 fully saturated rings. The van der Waals surface area contributed by atoms with Gasteiger partial charge in [-0.1, -0.05) is 6.07 Å². The van der Waals surface area contributed by atoms with Gasteiger partial charge in [0.2, 0.25) is 0 Å². The Balaban J connectivity index is 2.08. The van der Waals surface area contributed by atoms with Gasteiger partial charge in [0, 0.05) is 11.9 Å². The van der Waals surface area contributed by atoms with Crippen molar-refractivity contribution in [1.29, 1.82) is 0 Å². The van der Waals surface area contributed by atoms with E-state index in [1.165, 1.54) is 0 Å². The fraction of sp³-hybridized carbons (Fsp3) is 0.200. The third-order valence-corrected chi connectivity index (χ3v) is 2.79. The summed E-state index contributed by atoms with van der Waals surface area (Å²) < 4.78 is 5.25. The van der Waals surface area contributed by atoms with Crippen LogP contribution in [0.25, 0.3) is 0 Å². The summed E-state index contributed by atoms with van der Waals surface area (Å²) in [6.45, 7) is 3.98. The number of esters is 1. The van der Waals surface area contributed by atoms with E-state index in [1.807, 2.05) is 26.0 Å². The number of benzene rings is 1. The molecule has 19 heavy (non-hydrogen) atoms. The molecule has 0 unspecified atom stereocenters. The van der Waals surface area contributed by atoms with Crippen LogP contribution in [0.15, 0.2) is 36.5 Å². The number of hydrogen-bond acceptors (Lipinski definition) is 4. The lowest BCUT2D eigenvalue weighted by Crippen LogP contribution is -2.08. The van der Waals surface area contributed by atoms with Gasteiger partial charge in [-0.25, -0.2) is 4.79 Å². The van der Waals surface area contributed by atoms with Crippen molar-refractivity contribution in [2.45, 2.75) is 20.5 Å². The van der Waals surface area contributed by atoms with Crippen molar-refractivity contribution in [2.24, 2.45) is 0 Å². The molecular formula is C15H16N2O2. The Kier molecular flexibility index (Phi) is 3.80. The standard InChI is InChI=1S/C15H16N2O2/c1-10-6-12(8-13(16)7-10)15(18)19-9-14-11(2)4-3-5-17-14/h3-8H,9,16H2,1-2H3. The second-order valence-electron chi connectivity index (χ2n) is 4.48. The van der Waals surface area contributed by atoms with Crippen LogP contribution in [0.2, 0.25) is 0 Å². The Morgan fingerprint density at radius 1 is 1.32 bits per heavy atom. The van der Waals surface area contributed by atoms with Gasteiger partial charge in [0.15, 0.2) is 0 Å². The van der Waals surface area contributed by atoms with E-state index in [0.29, 0.717) is 11.3 Å². The summed E-state index contributed by atoms with van der Waals surface area (Å²) in [6, 6.07) is 8.95. The zero-order valence-corrected chi connectivity index (χ0v) is 11.0. The molecule has 4 nitrogen and oxygen atoms in total. The van der Waals surface area contributed by atoms with E-state index < -0.39 is 0 Å². The van der Waals surface area contributed by atoms with Crippen LogP contribution in [-0.2, 0) is 11.3 Å². The van der Waals surface area contributed by atoms with Crippen LogP contribution in [0.4, 0.5) is 5.69 Å². The molecule has 1 aromatic heterocycles. The molecule has 0 aliphatic carbocycles. The first-order valence-corrected chi connectivity index (χ1v) is 6.01. The topological polar surface area (TPSA) is 65.2 Å². The predicted octanol–water partition coefficient (Wildman–Crippen LogP) is 2.64. The first kappa shape index (κ1) is 13.1. The number of rotatable bonds is 3. The number of aryl methyl sites for hydroxylation is 2. The molecule has 98 valence electrons. The van der Waals surface area contributed by atoms with Crippen LogP contribution in [0, 0.1) is 13.8 Å². The lowest BCUT2D eigenvalue weighted by atomic mass is 10.1. The number of nitrogens with two attached hydrogens (primary N) is 1. The highest BCUT2D eigenvalue weighted by atomic mass is 16.5. The Labute approximate surface area is 112 Å². The molecule has 2 aromatic rings. The maximum absolute atomic E-state index is 11.9. The van der Waals surface area contributed by atoms with Gasteiger partial charge in [0.1, 0.15) is 6.61 Å². The number of nitrogens with zero attached hydrogens (tertiary/aromatic N) is 1. The smallest absolute Gasteiger partial charge is 0.338 e. The summed E-state index contributed by atoms with van der Waals surface area (Å²) in [4.78, 5) is 16.1. The minimum atomic E-state index is -0.388. The second-order valence-corrected chi connectivity index (χ2v) is 4.48. The molecule has 1 aromatic carbocycles. The van der Waals surface area contributed by atoms with Crippen LogP contribution >= 0.6 is 0 Å². The predicted molar refractivity (Wildman–Crippen MR) is 73.7 cm³/mol. The number of pyridine rings is 1. The van der Waals surface area contributed by atoms with E-state index in [4.69, 9.17) is 10.5 Å². The van der Waals surface area contributed by atoms with Crippen molar-refractivity contribution < 1.29 is 9.53 Å². The van der Waals surface area contributed by atoms with Gasteiger partial charge in [-0.05, 0) is 49.2 Å². The molecule has 0 amide bonds. The lowest BCUT2D eigenvalue weighted by molar-refractivity contribution is 0.0467. The third kappa shape index (κ3) is 3.31. The molecule has 0 radical (unpaired) electrons. The summed E-state index contributed by atoms with van der Waals surface area (Å²) in [5.41, 5.74) is 9.42. The maximum atomic E-state index is 11.9. The van der Waals surface area contributed by atoms with E-state index in [0.717, 1.165) is 16.8 Å². The molecule has 1 heterocycles. The second kappa shape index (κ2) is 5.52. The number of ether oxygens (including phenoxy) is 1. The molecule has 2 rings (SSSR count). The zero-order valence-electron chi connectivity index (χ0n) is 11.0. The van der Waals surface area contributed by atoms with E-state index in [2.05, 4.69) is 4.98 Å². The monoisotopic (exact) mass is 256 g/mol. The molecule has 0 atom stereocenters. The van der Waals surface area contributed by atoms with Crippen LogP contribution in [0.5, 0.6) is 0 Å². The lowest BCUT2D eigenvalue weighted by Gasteiger charge is -2.07. The van der Waals surface area contributed by atoms with Crippen LogP contribution in [0.3, 0.4) is 0 Å².